The highest BCUT2D eigenvalue weighted by molar-refractivity contribution is 6.34. The summed E-state index contributed by atoms with van der Waals surface area (Å²) in [4.78, 5) is 23.9. The van der Waals surface area contributed by atoms with Crippen LogP contribution < -0.4 is 10.6 Å². The Morgan fingerprint density at radius 2 is 2.24 bits per heavy atom. The van der Waals surface area contributed by atoms with Gasteiger partial charge in [0, 0.05) is 19.0 Å². The highest BCUT2D eigenvalue weighted by atomic mass is 35.5. The molecule has 0 aliphatic carbocycles. The molecule has 1 atom stereocenters. The second kappa shape index (κ2) is 4.35. The summed E-state index contributed by atoms with van der Waals surface area (Å²) in [5, 5.41) is 9.04. The molecule has 1 saturated heterocycles. The molecule has 0 radical (unpaired) electrons. The van der Waals surface area contributed by atoms with Crippen LogP contribution in [0.4, 0.5) is 5.69 Å². The molecule has 90 valence electrons. The third kappa shape index (κ3) is 2.25. The molecular weight excluding hydrogens is 244 g/mol. The molecule has 1 heterocycles. The fraction of sp³-hybridized carbons (Fsp3) is 0.273. The second-order valence-electron chi connectivity index (χ2n) is 3.94. The third-order valence-electron chi connectivity index (χ3n) is 2.64. The van der Waals surface area contributed by atoms with Crippen LogP contribution in [-0.4, -0.2) is 29.6 Å². The van der Waals surface area contributed by atoms with Crippen molar-refractivity contribution in [1.29, 1.82) is 0 Å². The predicted molar refractivity (Wildman–Crippen MR) is 63.4 cm³/mol. The first-order valence-corrected chi connectivity index (χ1v) is 5.45. The van der Waals surface area contributed by atoms with Crippen molar-refractivity contribution in [2.45, 2.75) is 12.5 Å². The van der Waals surface area contributed by atoms with Gasteiger partial charge < -0.3 is 15.7 Å². The van der Waals surface area contributed by atoms with E-state index in [2.05, 4.69) is 0 Å². The number of carboxylic acid groups (broad SMARTS) is 1. The normalized spacial score (nSPS) is 19.8. The molecule has 3 N–H and O–H groups in total. The molecule has 1 fully saturated rings. The lowest BCUT2D eigenvalue weighted by atomic mass is 10.2. The molecule has 1 aromatic rings. The first-order chi connectivity index (χ1) is 7.99. The van der Waals surface area contributed by atoms with E-state index < -0.39 is 5.97 Å². The zero-order valence-corrected chi connectivity index (χ0v) is 9.65. The lowest BCUT2D eigenvalue weighted by molar-refractivity contribution is -0.117. The molecule has 1 amide bonds. The minimum absolute atomic E-state index is 0.0923. The van der Waals surface area contributed by atoms with Crippen molar-refractivity contribution < 1.29 is 14.7 Å². The van der Waals surface area contributed by atoms with E-state index in [-0.39, 0.29) is 29.0 Å². The van der Waals surface area contributed by atoms with E-state index in [0.717, 1.165) is 0 Å². The highest BCUT2D eigenvalue weighted by Gasteiger charge is 2.29. The third-order valence-corrected chi connectivity index (χ3v) is 2.94. The minimum Gasteiger partial charge on any atom is -0.478 e. The van der Waals surface area contributed by atoms with Crippen LogP contribution in [0, 0.1) is 0 Å². The molecule has 1 aliphatic heterocycles. The molecular formula is C11H11ClN2O3. The van der Waals surface area contributed by atoms with E-state index in [1.807, 2.05) is 0 Å². The fourth-order valence-electron chi connectivity index (χ4n) is 1.83. The van der Waals surface area contributed by atoms with Gasteiger partial charge in [0.05, 0.1) is 16.3 Å². The number of hydrogen-bond acceptors (Lipinski definition) is 3. The van der Waals surface area contributed by atoms with Gasteiger partial charge in [0.25, 0.3) is 0 Å². The summed E-state index contributed by atoms with van der Waals surface area (Å²) in [6.45, 7) is 0.408. The maximum Gasteiger partial charge on any atom is 0.335 e. The number of nitrogens with zero attached hydrogens (tertiary/aromatic N) is 1. The van der Waals surface area contributed by atoms with Crippen molar-refractivity contribution in [1.82, 2.24) is 0 Å². The molecule has 1 unspecified atom stereocenters. The summed E-state index contributed by atoms with van der Waals surface area (Å²) >= 11 is 5.97. The van der Waals surface area contributed by atoms with Gasteiger partial charge in [-0.3, -0.25) is 4.79 Å². The van der Waals surface area contributed by atoms with Crippen LogP contribution in [0.25, 0.3) is 0 Å². The van der Waals surface area contributed by atoms with Gasteiger partial charge in [-0.2, -0.15) is 0 Å². The van der Waals surface area contributed by atoms with Crippen molar-refractivity contribution in [3.8, 4) is 0 Å². The van der Waals surface area contributed by atoms with Crippen LogP contribution in [0.5, 0.6) is 0 Å². The number of carboxylic acids is 1. The average Bonchev–Trinajstić information content (AvgIpc) is 2.57. The number of carbonyl (C=O) groups is 2. The van der Waals surface area contributed by atoms with Crippen LogP contribution in [0.15, 0.2) is 18.2 Å². The lowest BCUT2D eigenvalue weighted by Gasteiger charge is -2.17. The molecule has 0 aromatic heterocycles. The smallest absolute Gasteiger partial charge is 0.335 e. The Kier molecular flexibility index (Phi) is 3.04. The maximum absolute atomic E-state index is 11.6. The standard InChI is InChI=1S/C11H11ClN2O3/c12-8-3-6(11(16)17)1-2-9(8)14-5-7(13)4-10(14)15/h1-3,7H,4-5,13H2,(H,16,17). The topological polar surface area (TPSA) is 83.6 Å². The average molecular weight is 255 g/mol. The largest absolute Gasteiger partial charge is 0.478 e. The Hall–Kier alpha value is -1.59. The van der Waals surface area contributed by atoms with Crippen LogP contribution >= 0.6 is 11.6 Å². The fourth-order valence-corrected chi connectivity index (χ4v) is 2.11. The Morgan fingerprint density at radius 3 is 2.71 bits per heavy atom. The molecule has 5 nitrogen and oxygen atoms in total. The Morgan fingerprint density at radius 1 is 1.53 bits per heavy atom. The van der Waals surface area contributed by atoms with E-state index >= 15 is 0 Å². The number of hydrogen-bond donors (Lipinski definition) is 2. The number of benzene rings is 1. The van der Waals surface area contributed by atoms with Gasteiger partial charge in [-0.1, -0.05) is 11.6 Å². The van der Waals surface area contributed by atoms with E-state index in [1.54, 1.807) is 0 Å². The molecule has 6 heteroatoms. The van der Waals surface area contributed by atoms with Crippen molar-refractivity contribution in [3.05, 3.63) is 28.8 Å². The first-order valence-electron chi connectivity index (χ1n) is 5.08. The quantitative estimate of drug-likeness (QED) is 0.828. The highest BCUT2D eigenvalue weighted by Crippen LogP contribution is 2.29. The van der Waals surface area contributed by atoms with E-state index in [1.165, 1.54) is 23.1 Å². The molecule has 0 saturated carbocycles. The summed E-state index contributed by atoms with van der Waals surface area (Å²) in [6, 6.07) is 4.08. The lowest BCUT2D eigenvalue weighted by Crippen LogP contribution is -2.28. The summed E-state index contributed by atoms with van der Waals surface area (Å²) in [5.74, 6) is -1.15. The molecule has 0 bridgehead atoms. The van der Waals surface area contributed by atoms with E-state index in [4.69, 9.17) is 22.4 Å². The summed E-state index contributed by atoms with van der Waals surface area (Å²) < 4.78 is 0. The van der Waals surface area contributed by atoms with Gasteiger partial charge in [-0.15, -0.1) is 0 Å². The second-order valence-corrected chi connectivity index (χ2v) is 4.35. The van der Waals surface area contributed by atoms with Crippen LogP contribution in [-0.2, 0) is 4.79 Å². The molecule has 1 aromatic carbocycles. The van der Waals surface area contributed by atoms with Gasteiger partial charge >= 0.3 is 5.97 Å². The van der Waals surface area contributed by atoms with Crippen molar-refractivity contribution in [2.75, 3.05) is 11.4 Å². The first kappa shape index (κ1) is 11.9. The molecule has 2 rings (SSSR count). The van der Waals surface area contributed by atoms with Gasteiger partial charge in [-0.25, -0.2) is 4.79 Å². The van der Waals surface area contributed by atoms with Crippen LogP contribution in [0.1, 0.15) is 16.8 Å². The van der Waals surface area contributed by atoms with E-state index in [9.17, 15) is 9.59 Å². The number of amides is 1. The van der Waals surface area contributed by atoms with Crippen molar-refractivity contribution in [3.63, 3.8) is 0 Å². The molecule has 1 aliphatic rings. The Bertz CT molecular complexity index is 490. The Balaban J connectivity index is 2.34. The monoisotopic (exact) mass is 254 g/mol. The van der Waals surface area contributed by atoms with Gasteiger partial charge in [0.1, 0.15) is 0 Å². The zero-order chi connectivity index (χ0) is 12.6. The molecule has 0 spiro atoms. The number of carbonyl (C=O) groups excluding carboxylic acids is 1. The summed E-state index contributed by atoms with van der Waals surface area (Å²) in [7, 11) is 0. The van der Waals surface area contributed by atoms with Crippen LogP contribution in [0.2, 0.25) is 5.02 Å². The number of rotatable bonds is 2. The number of halogens is 1. The van der Waals surface area contributed by atoms with Gasteiger partial charge in [0.15, 0.2) is 0 Å². The number of aromatic carboxylic acids is 1. The Labute approximate surface area is 103 Å². The van der Waals surface area contributed by atoms with Crippen molar-refractivity contribution in [2.24, 2.45) is 5.73 Å². The van der Waals surface area contributed by atoms with E-state index in [0.29, 0.717) is 12.2 Å². The maximum atomic E-state index is 11.6. The minimum atomic E-state index is -1.05. The predicted octanol–water partition coefficient (Wildman–Crippen LogP) is 1.10. The molecule has 17 heavy (non-hydrogen) atoms. The number of nitrogens with two attached hydrogens (primary N) is 1. The van der Waals surface area contributed by atoms with Crippen molar-refractivity contribution >= 4 is 29.2 Å². The van der Waals surface area contributed by atoms with Gasteiger partial charge in [0.2, 0.25) is 5.91 Å². The number of anilines is 1. The SMILES string of the molecule is NC1CC(=O)N(c2ccc(C(=O)O)cc2Cl)C1. The zero-order valence-electron chi connectivity index (χ0n) is 8.89. The summed E-state index contributed by atoms with van der Waals surface area (Å²) in [5.41, 5.74) is 6.28. The van der Waals surface area contributed by atoms with Gasteiger partial charge in [-0.05, 0) is 18.2 Å². The summed E-state index contributed by atoms with van der Waals surface area (Å²) in [6.07, 6.45) is 0.289. The van der Waals surface area contributed by atoms with Crippen LogP contribution in [0.3, 0.4) is 0 Å².